The molecule has 0 aliphatic heterocycles. The molecular weight excluding hydrogens is 356 g/mol. The molecule has 3 rings (SSSR count). The van der Waals surface area contributed by atoms with Crippen molar-refractivity contribution in [3.63, 3.8) is 0 Å². The summed E-state index contributed by atoms with van der Waals surface area (Å²) in [6.07, 6.45) is -0.924. The minimum Gasteiger partial charge on any atom is -0.491 e. The first-order valence-corrected chi connectivity index (χ1v) is 8.34. The summed E-state index contributed by atoms with van der Waals surface area (Å²) in [6, 6.07) is 17.5. The second-order valence-electron chi connectivity index (χ2n) is 5.69. The maximum Gasteiger partial charge on any atom is 0.354 e. The van der Waals surface area contributed by atoms with Crippen LogP contribution in [0.1, 0.15) is 10.5 Å². The number of ether oxygens (including phenoxy) is 1. The van der Waals surface area contributed by atoms with Crippen LogP contribution in [0.15, 0.2) is 60.7 Å². The fourth-order valence-corrected chi connectivity index (χ4v) is 2.58. The maximum atomic E-state index is 11.5. The van der Waals surface area contributed by atoms with Crippen LogP contribution in [0.3, 0.4) is 0 Å². The zero-order valence-corrected chi connectivity index (χ0v) is 14.5. The molecule has 0 aliphatic rings. The fourth-order valence-electron chi connectivity index (χ4n) is 2.45. The van der Waals surface area contributed by atoms with Gasteiger partial charge in [0.2, 0.25) is 0 Å². The van der Waals surface area contributed by atoms with Crippen molar-refractivity contribution in [3.8, 4) is 17.0 Å². The minimum atomic E-state index is -1.11. The van der Waals surface area contributed by atoms with Crippen molar-refractivity contribution in [3.05, 3.63) is 71.4 Å². The Kier molecular flexibility index (Phi) is 5.55. The Hall–Kier alpha value is -2.83. The van der Waals surface area contributed by atoms with Crippen LogP contribution in [0.4, 0.5) is 0 Å². The summed E-state index contributed by atoms with van der Waals surface area (Å²) < 4.78 is 6.77. The smallest absolute Gasteiger partial charge is 0.354 e. The second-order valence-corrected chi connectivity index (χ2v) is 6.12. The zero-order valence-electron chi connectivity index (χ0n) is 13.7. The predicted octanol–water partition coefficient (Wildman–Crippen LogP) is 3.34. The Morgan fingerprint density at radius 2 is 1.85 bits per heavy atom. The lowest BCUT2D eigenvalue weighted by Crippen LogP contribution is -2.26. The monoisotopic (exact) mass is 372 g/mol. The van der Waals surface area contributed by atoms with Gasteiger partial charge in [-0.15, -0.1) is 0 Å². The first kappa shape index (κ1) is 18.0. The Bertz CT molecular complexity index is 878. The summed E-state index contributed by atoms with van der Waals surface area (Å²) >= 11 is 5.81. The van der Waals surface area contributed by atoms with Crippen molar-refractivity contribution in [2.24, 2.45) is 0 Å². The van der Waals surface area contributed by atoms with Gasteiger partial charge in [0, 0.05) is 10.6 Å². The van der Waals surface area contributed by atoms with Gasteiger partial charge < -0.3 is 14.9 Å². The molecule has 0 aliphatic carbocycles. The third kappa shape index (κ3) is 4.41. The first-order valence-electron chi connectivity index (χ1n) is 7.96. The van der Waals surface area contributed by atoms with Gasteiger partial charge in [0.25, 0.3) is 0 Å². The lowest BCUT2D eigenvalue weighted by atomic mass is 10.1. The van der Waals surface area contributed by atoms with Crippen molar-refractivity contribution in [2.75, 3.05) is 6.61 Å². The molecule has 3 aromatic rings. The van der Waals surface area contributed by atoms with Gasteiger partial charge in [-0.3, -0.25) is 4.68 Å². The molecule has 0 amide bonds. The number of hydrogen-bond donors (Lipinski definition) is 2. The summed E-state index contributed by atoms with van der Waals surface area (Å²) in [5, 5.41) is 24.5. The number of halogens is 1. The van der Waals surface area contributed by atoms with E-state index < -0.39 is 12.1 Å². The number of aromatic nitrogens is 2. The van der Waals surface area contributed by atoms with Crippen LogP contribution in [-0.2, 0) is 6.54 Å². The Morgan fingerprint density at radius 3 is 2.50 bits per heavy atom. The van der Waals surface area contributed by atoms with Crippen molar-refractivity contribution in [2.45, 2.75) is 12.6 Å². The Balaban J connectivity index is 1.70. The van der Waals surface area contributed by atoms with Gasteiger partial charge in [0.05, 0.1) is 12.2 Å². The first-order chi connectivity index (χ1) is 12.5. The number of carboxylic acid groups (broad SMARTS) is 1. The largest absolute Gasteiger partial charge is 0.491 e. The highest BCUT2D eigenvalue weighted by molar-refractivity contribution is 6.30. The molecule has 134 valence electrons. The van der Waals surface area contributed by atoms with Gasteiger partial charge in [-0.1, -0.05) is 41.9 Å². The standard InChI is InChI=1S/C19H17ClN2O4/c20-14-6-8-16(9-7-14)26-12-15(23)11-22-18(19(24)25)10-17(21-22)13-4-2-1-3-5-13/h1-10,15,23H,11-12H2,(H,24,25). The molecule has 0 radical (unpaired) electrons. The number of rotatable bonds is 7. The molecule has 0 spiro atoms. The van der Waals surface area contributed by atoms with Crippen LogP contribution in [0.5, 0.6) is 5.75 Å². The number of aromatic carboxylic acids is 1. The third-order valence-corrected chi connectivity index (χ3v) is 3.96. The molecular formula is C19H17ClN2O4. The SMILES string of the molecule is O=C(O)c1cc(-c2ccccc2)nn1CC(O)COc1ccc(Cl)cc1. The maximum absolute atomic E-state index is 11.5. The second kappa shape index (κ2) is 8.03. The summed E-state index contributed by atoms with van der Waals surface area (Å²) in [5.74, 6) is -0.539. The highest BCUT2D eigenvalue weighted by Gasteiger charge is 2.18. The molecule has 0 bridgehead atoms. The summed E-state index contributed by atoms with van der Waals surface area (Å²) in [6.45, 7) is 0.00325. The van der Waals surface area contributed by atoms with Crippen LogP contribution >= 0.6 is 11.6 Å². The van der Waals surface area contributed by atoms with Crippen LogP contribution in [0.2, 0.25) is 5.02 Å². The highest BCUT2D eigenvalue weighted by atomic mass is 35.5. The number of carboxylic acids is 1. The molecule has 0 saturated heterocycles. The number of carbonyl (C=O) groups is 1. The normalized spacial score (nSPS) is 11.9. The van der Waals surface area contributed by atoms with E-state index in [-0.39, 0.29) is 18.8 Å². The van der Waals surface area contributed by atoms with Crippen molar-refractivity contribution < 1.29 is 19.7 Å². The van der Waals surface area contributed by atoms with Crippen LogP contribution in [-0.4, -0.2) is 38.7 Å². The molecule has 1 atom stereocenters. The van der Waals surface area contributed by atoms with Gasteiger partial charge in [0.1, 0.15) is 24.2 Å². The number of nitrogens with zero attached hydrogens (tertiary/aromatic N) is 2. The van der Waals surface area contributed by atoms with E-state index in [0.717, 1.165) is 5.56 Å². The van der Waals surface area contributed by atoms with Gasteiger partial charge in [0.15, 0.2) is 0 Å². The summed E-state index contributed by atoms with van der Waals surface area (Å²) in [7, 11) is 0. The number of hydrogen-bond acceptors (Lipinski definition) is 4. The van der Waals surface area contributed by atoms with Crippen LogP contribution in [0.25, 0.3) is 11.3 Å². The van der Waals surface area contributed by atoms with Gasteiger partial charge in [-0.05, 0) is 30.3 Å². The molecule has 2 N–H and O–H groups in total. The third-order valence-electron chi connectivity index (χ3n) is 3.71. The van der Waals surface area contributed by atoms with E-state index in [2.05, 4.69) is 5.10 Å². The molecule has 1 heterocycles. The van der Waals surface area contributed by atoms with E-state index >= 15 is 0 Å². The quantitative estimate of drug-likeness (QED) is 0.664. The van der Waals surface area contributed by atoms with E-state index in [0.29, 0.717) is 16.5 Å². The summed E-state index contributed by atoms with van der Waals surface area (Å²) in [4.78, 5) is 11.5. The van der Waals surface area contributed by atoms with Crippen LogP contribution in [0, 0.1) is 0 Å². The van der Waals surface area contributed by atoms with Gasteiger partial charge >= 0.3 is 5.97 Å². The molecule has 7 heteroatoms. The van der Waals surface area contributed by atoms with E-state index in [4.69, 9.17) is 16.3 Å². The molecule has 26 heavy (non-hydrogen) atoms. The van der Waals surface area contributed by atoms with Crippen molar-refractivity contribution in [1.82, 2.24) is 9.78 Å². The Labute approximate surface area is 155 Å². The number of benzene rings is 2. The topological polar surface area (TPSA) is 84.6 Å². The van der Waals surface area contributed by atoms with E-state index in [1.165, 1.54) is 10.7 Å². The van der Waals surface area contributed by atoms with Crippen molar-refractivity contribution >= 4 is 17.6 Å². The Morgan fingerprint density at radius 1 is 1.15 bits per heavy atom. The van der Waals surface area contributed by atoms with Gasteiger partial charge in [-0.2, -0.15) is 5.10 Å². The van der Waals surface area contributed by atoms with E-state index in [1.54, 1.807) is 24.3 Å². The minimum absolute atomic E-state index is 0.00121. The van der Waals surface area contributed by atoms with Crippen LogP contribution < -0.4 is 4.74 Å². The average Bonchev–Trinajstić information content (AvgIpc) is 3.06. The molecule has 1 aromatic heterocycles. The molecule has 0 fully saturated rings. The van der Waals surface area contributed by atoms with E-state index in [9.17, 15) is 15.0 Å². The number of aliphatic hydroxyl groups excluding tert-OH is 1. The van der Waals surface area contributed by atoms with Crippen molar-refractivity contribution in [1.29, 1.82) is 0 Å². The molecule has 6 nitrogen and oxygen atoms in total. The fraction of sp³-hybridized carbons (Fsp3) is 0.158. The summed E-state index contributed by atoms with van der Waals surface area (Å²) in [5.41, 5.74) is 1.35. The average molecular weight is 373 g/mol. The zero-order chi connectivity index (χ0) is 18.5. The van der Waals surface area contributed by atoms with E-state index in [1.807, 2.05) is 30.3 Å². The molecule has 0 saturated carbocycles. The number of aliphatic hydroxyl groups is 1. The molecule has 2 aromatic carbocycles. The predicted molar refractivity (Wildman–Crippen MR) is 97.6 cm³/mol. The van der Waals surface area contributed by atoms with Gasteiger partial charge in [-0.25, -0.2) is 4.79 Å². The lowest BCUT2D eigenvalue weighted by Gasteiger charge is -2.13. The highest BCUT2D eigenvalue weighted by Crippen LogP contribution is 2.20. The molecule has 1 unspecified atom stereocenters. The lowest BCUT2D eigenvalue weighted by molar-refractivity contribution is 0.0659.